The van der Waals surface area contributed by atoms with Crippen LogP contribution in [0.25, 0.3) is 0 Å². The third-order valence-electron chi connectivity index (χ3n) is 2.15. The summed E-state index contributed by atoms with van der Waals surface area (Å²) in [7, 11) is -3.12. The molecule has 0 aromatic rings. The standard InChI is InChI=1S/C9H20N2O3S/c1-2-14-7-5-11-15(12,13)8-6-10-9-3-4-9/h9-11H,2-8H2,1H3. The third-order valence-corrected chi connectivity index (χ3v) is 3.54. The van der Waals surface area contributed by atoms with Crippen molar-refractivity contribution in [2.45, 2.75) is 25.8 Å². The first-order valence-electron chi connectivity index (χ1n) is 5.42. The van der Waals surface area contributed by atoms with Crippen molar-refractivity contribution in [3.05, 3.63) is 0 Å². The molecule has 1 rings (SSSR count). The Morgan fingerprint density at radius 3 is 2.67 bits per heavy atom. The van der Waals surface area contributed by atoms with Gasteiger partial charge >= 0.3 is 0 Å². The molecule has 1 aliphatic rings. The van der Waals surface area contributed by atoms with E-state index in [1.807, 2.05) is 6.92 Å². The molecule has 6 heteroatoms. The molecule has 0 aromatic carbocycles. The molecule has 15 heavy (non-hydrogen) atoms. The minimum atomic E-state index is -3.12. The molecule has 0 unspecified atom stereocenters. The minimum Gasteiger partial charge on any atom is -0.380 e. The lowest BCUT2D eigenvalue weighted by molar-refractivity contribution is 0.153. The molecule has 0 atom stereocenters. The van der Waals surface area contributed by atoms with Crippen molar-refractivity contribution in [1.82, 2.24) is 10.0 Å². The van der Waals surface area contributed by atoms with Gasteiger partial charge in [-0.25, -0.2) is 13.1 Å². The highest BCUT2D eigenvalue weighted by Crippen LogP contribution is 2.17. The van der Waals surface area contributed by atoms with E-state index in [1.165, 1.54) is 12.8 Å². The van der Waals surface area contributed by atoms with Crippen molar-refractivity contribution in [3.63, 3.8) is 0 Å². The first-order chi connectivity index (χ1) is 7.14. The fraction of sp³-hybridized carbons (Fsp3) is 1.00. The highest BCUT2D eigenvalue weighted by molar-refractivity contribution is 7.89. The zero-order chi connectivity index (χ0) is 11.1. The largest absolute Gasteiger partial charge is 0.380 e. The lowest BCUT2D eigenvalue weighted by atomic mass is 10.6. The van der Waals surface area contributed by atoms with E-state index < -0.39 is 10.0 Å². The van der Waals surface area contributed by atoms with E-state index in [0.29, 0.717) is 32.3 Å². The van der Waals surface area contributed by atoms with E-state index in [-0.39, 0.29) is 5.75 Å². The molecule has 90 valence electrons. The van der Waals surface area contributed by atoms with Gasteiger partial charge in [0.2, 0.25) is 10.0 Å². The monoisotopic (exact) mass is 236 g/mol. The second-order valence-corrected chi connectivity index (χ2v) is 5.56. The van der Waals surface area contributed by atoms with Crippen molar-refractivity contribution in [1.29, 1.82) is 0 Å². The quantitative estimate of drug-likeness (QED) is 0.539. The van der Waals surface area contributed by atoms with Gasteiger partial charge < -0.3 is 10.1 Å². The summed E-state index contributed by atoms with van der Waals surface area (Å²) in [5.74, 6) is 0.148. The fourth-order valence-corrected chi connectivity index (χ4v) is 2.10. The van der Waals surface area contributed by atoms with Crippen LogP contribution in [0.1, 0.15) is 19.8 Å². The number of ether oxygens (including phenoxy) is 1. The Morgan fingerprint density at radius 1 is 1.33 bits per heavy atom. The van der Waals surface area contributed by atoms with Crippen LogP contribution in [-0.4, -0.2) is 46.5 Å². The van der Waals surface area contributed by atoms with Crippen LogP contribution < -0.4 is 10.0 Å². The van der Waals surface area contributed by atoms with E-state index >= 15 is 0 Å². The molecule has 1 aliphatic carbocycles. The van der Waals surface area contributed by atoms with Crippen molar-refractivity contribution in [2.75, 3.05) is 32.1 Å². The topological polar surface area (TPSA) is 67.4 Å². The van der Waals surface area contributed by atoms with Gasteiger partial charge in [0.1, 0.15) is 0 Å². The molecule has 0 radical (unpaired) electrons. The predicted molar refractivity (Wildman–Crippen MR) is 59.3 cm³/mol. The summed E-state index contributed by atoms with van der Waals surface area (Å²) in [6.45, 7) is 3.83. The average molecular weight is 236 g/mol. The van der Waals surface area contributed by atoms with Crippen LogP contribution in [0, 0.1) is 0 Å². The normalized spacial score (nSPS) is 16.9. The molecule has 1 fully saturated rings. The molecule has 1 saturated carbocycles. The van der Waals surface area contributed by atoms with E-state index in [9.17, 15) is 8.42 Å². The summed E-state index contributed by atoms with van der Waals surface area (Å²) >= 11 is 0. The number of hydrogen-bond acceptors (Lipinski definition) is 4. The van der Waals surface area contributed by atoms with Gasteiger partial charge in [0, 0.05) is 25.7 Å². The second-order valence-electron chi connectivity index (χ2n) is 3.64. The van der Waals surface area contributed by atoms with Crippen molar-refractivity contribution in [3.8, 4) is 0 Å². The summed E-state index contributed by atoms with van der Waals surface area (Å²) in [5.41, 5.74) is 0. The molecular formula is C9H20N2O3S. The highest BCUT2D eigenvalue weighted by Gasteiger charge is 2.20. The van der Waals surface area contributed by atoms with E-state index in [2.05, 4.69) is 10.0 Å². The summed E-state index contributed by atoms with van der Waals surface area (Å²) in [4.78, 5) is 0. The minimum absolute atomic E-state index is 0.148. The Balaban J connectivity index is 2.02. The number of sulfonamides is 1. The van der Waals surface area contributed by atoms with Crippen LogP contribution in [0.15, 0.2) is 0 Å². The second kappa shape index (κ2) is 6.42. The first kappa shape index (κ1) is 12.9. The number of hydrogen-bond donors (Lipinski definition) is 2. The Morgan fingerprint density at radius 2 is 2.07 bits per heavy atom. The molecule has 0 amide bonds. The maximum atomic E-state index is 11.4. The fourth-order valence-electron chi connectivity index (χ4n) is 1.17. The Kier molecular flexibility index (Phi) is 5.52. The van der Waals surface area contributed by atoms with Crippen LogP contribution in [0.4, 0.5) is 0 Å². The Labute approximate surface area is 91.6 Å². The predicted octanol–water partition coefficient (Wildman–Crippen LogP) is -0.306. The lowest BCUT2D eigenvalue weighted by Gasteiger charge is -2.07. The molecular weight excluding hydrogens is 216 g/mol. The Bertz CT molecular complexity index is 263. The van der Waals surface area contributed by atoms with Gasteiger partial charge in [0.05, 0.1) is 12.4 Å². The summed E-state index contributed by atoms with van der Waals surface area (Å²) < 4.78 is 30.3. The van der Waals surface area contributed by atoms with E-state index in [0.717, 1.165) is 0 Å². The van der Waals surface area contributed by atoms with Gasteiger partial charge in [-0.1, -0.05) is 0 Å². The zero-order valence-electron chi connectivity index (χ0n) is 9.16. The van der Waals surface area contributed by atoms with Gasteiger partial charge in [0.15, 0.2) is 0 Å². The molecule has 0 aliphatic heterocycles. The van der Waals surface area contributed by atoms with Gasteiger partial charge in [-0.2, -0.15) is 0 Å². The maximum absolute atomic E-state index is 11.4. The van der Waals surface area contributed by atoms with Gasteiger partial charge in [-0.15, -0.1) is 0 Å². The van der Waals surface area contributed by atoms with Crippen LogP contribution in [-0.2, 0) is 14.8 Å². The van der Waals surface area contributed by atoms with Crippen LogP contribution in [0.5, 0.6) is 0 Å². The van der Waals surface area contributed by atoms with E-state index in [4.69, 9.17) is 4.74 Å². The average Bonchev–Trinajstić information content (AvgIpc) is 2.96. The molecule has 0 heterocycles. The van der Waals surface area contributed by atoms with Crippen LogP contribution >= 0.6 is 0 Å². The molecule has 2 N–H and O–H groups in total. The summed E-state index contributed by atoms with van der Waals surface area (Å²) in [6, 6.07) is 0.559. The molecule has 0 bridgehead atoms. The molecule has 0 aromatic heterocycles. The molecule has 0 spiro atoms. The van der Waals surface area contributed by atoms with Gasteiger partial charge in [-0.05, 0) is 19.8 Å². The van der Waals surface area contributed by atoms with Crippen LogP contribution in [0.3, 0.4) is 0 Å². The summed E-state index contributed by atoms with van der Waals surface area (Å²) in [6.07, 6.45) is 2.36. The first-order valence-corrected chi connectivity index (χ1v) is 7.08. The van der Waals surface area contributed by atoms with E-state index in [1.54, 1.807) is 0 Å². The summed E-state index contributed by atoms with van der Waals surface area (Å²) in [5, 5.41) is 3.16. The molecule has 5 nitrogen and oxygen atoms in total. The smallest absolute Gasteiger partial charge is 0.212 e. The lowest BCUT2D eigenvalue weighted by Crippen LogP contribution is -2.34. The Hall–Kier alpha value is -0.170. The highest BCUT2D eigenvalue weighted by atomic mass is 32.2. The number of nitrogens with one attached hydrogen (secondary N) is 2. The third kappa shape index (κ3) is 6.83. The van der Waals surface area contributed by atoms with Crippen molar-refractivity contribution < 1.29 is 13.2 Å². The van der Waals surface area contributed by atoms with Crippen molar-refractivity contribution >= 4 is 10.0 Å². The maximum Gasteiger partial charge on any atom is 0.212 e. The van der Waals surface area contributed by atoms with Gasteiger partial charge in [0.25, 0.3) is 0 Å². The van der Waals surface area contributed by atoms with Gasteiger partial charge in [-0.3, -0.25) is 0 Å². The SMILES string of the molecule is CCOCCNS(=O)(=O)CCNC1CC1. The number of rotatable bonds is 9. The van der Waals surface area contributed by atoms with Crippen molar-refractivity contribution in [2.24, 2.45) is 0 Å². The van der Waals surface area contributed by atoms with Crippen LogP contribution in [0.2, 0.25) is 0 Å². The zero-order valence-corrected chi connectivity index (χ0v) is 9.98. The molecule has 0 saturated heterocycles.